The van der Waals surface area contributed by atoms with Gasteiger partial charge in [-0.15, -0.1) is 0 Å². The first-order chi connectivity index (χ1) is 2.41. The van der Waals surface area contributed by atoms with E-state index in [9.17, 15) is 0 Å². The van der Waals surface area contributed by atoms with E-state index in [1.807, 2.05) is 13.8 Å². The summed E-state index contributed by atoms with van der Waals surface area (Å²) in [5.74, 6) is 0. The molecule has 0 spiro atoms. The van der Waals surface area contributed by atoms with Gasteiger partial charge in [-0.05, 0) is 0 Å². The Bertz CT molecular complexity index is 16.0. The average molecular weight is 193 g/mol. The van der Waals surface area contributed by atoms with Crippen molar-refractivity contribution in [3.63, 3.8) is 0 Å². The van der Waals surface area contributed by atoms with Crippen molar-refractivity contribution in [1.82, 2.24) is 0 Å². The van der Waals surface area contributed by atoms with E-state index in [2.05, 4.69) is 5.32 Å². The van der Waals surface area contributed by atoms with Gasteiger partial charge in [0.05, 0.1) is 0 Å². The van der Waals surface area contributed by atoms with Gasteiger partial charge in [-0.25, -0.2) is 0 Å². The summed E-state index contributed by atoms with van der Waals surface area (Å²) in [6.07, 6.45) is 0. The largest absolute Gasteiger partial charge is 0.663 e. The van der Waals surface area contributed by atoms with E-state index in [0.717, 1.165) is 13.1 Å². The van der Waals surface area contributed by atoms with Gasteiger partial charge in [0.2, 0.25) is 0 Å². The minimum absolute atomic E-state index is 0. The van der Waals surface area contributed by atoms with Gasteiger partial charge in [-0.1, -0.05) is 28.7 Å². The van der Waals surface area contributed by atoms with Crippen LogP contribution in [0.25, 0.3) is 5.32 Å². The van der Waals surface area contributed by atoms with Crippen LogP contribution in [0.4, 0.5) is 0 Å². The molecule has 0 unspecified atom stereocenters. The zero-order valence-electron chi connectivity index (χ0n) is 4.44. The molecular formula is C6H18NY-. The Balaban J connectivity index is -0.0000000267. The second-order valence-electron chi connectivity index (χ2n) is 0.856. The first kappa shape index (κ1) is 23.0. The van der Waals surface area contributed by atoms with Crippen LogP contribution in [0.5, 0.6) is 0 Å². The molecule has 0 aliphatic carbocycles. The average Bonchev–Trinajstić information content (AvgIpc) is 1.41. The molecule has 0 aromatic rings. The van der Waals surface area contributed by atoms with E-state index in [0.29, 0.717) is 0 Å². The Labute approximate surface area is 79.5 Å². The van der Waals surface area contributed by atoms with Gasteiger partial charge in [-0.3, -0.25) is 0 Å². The SMILES string of the molecule is C.C.CC[N-]CC.[Y]. The third-order valence-electron chi connectivity index (χ3n) is 0.447. The molecule has 0 fully saturated rings. The van der Waals surface area contributed by atoms with Crippen LogP contribution in [-0.2, 0) is 32.7 Å². The van der Waals surface area contributed by atoms with E-state index < -0.39 is 0 Å². The minimum atomic E-state index is 0. The Kier molecular flexibility index (Phi) is 70.0. The zero-order valence-corrected chi connectivity index (χ0v) is 7.28. The van der Waals surface area contributed by atoms with Gasteiger partial charge in [0, 0.05) is 32.7 Å². The summed E-state index contributed by atoms with van der Waals surface area (Å²) < 4.78 is 0. The molecule has 0 aromatic heterocycles. The summed E-state index contributed by atoms with van der Waals surface area (Å²) in [7, 11) is 0. The van der Waals surface area contributed by atoms with E-state index >= 15 is 0 Å². The first-order valence-corrected chi connectivity index (χ1v) is 2.05. The summed E-state index contributed by atoms with van der Waals surface area (Å²) in [4.78, 5) is 0. The fourth-order valence-corrected chi connectivity index (χ4v) is 0.224. The van der Waals surface area contributed by atoms with Crippen LogP contribution >= 0.6 is 0 Å². The van der Waals surface area contributed by atoms with Crippen molar-refractivity contribution in [3.8, 4) is 0 Å². The van der Waals surface area contributed by atoms with Gasteiger partial charge in [0.1, 0.15) is 0 Å². The molecule has 0 saturated carbocycles. The Hall–Kier alpha value is 1.06. The van der Waals surface area contributed by atoms with Crippen molar-refractivity contribution in [2.24, 2.45) is 0 Å². The summed E-state index contributed by atoms with van der Waals surface area (Å²) in [6, 6.07) is 0. The quantitative estimate of drug-likeness (QED) is 0.640. The molecule has 0 heterocycles. The fourth-order valence-electron chi connectivity index (χ4n) is 0.224. The molecule has 0 aromatic carbocycles. The molecule has 0 bridgehead atoms. The van der Waals surface area contributed by atoms with Crippen molar-refractivity contribution in [2.75, 3.05) is 13.1 Å². The Morgan fingerprint density at radius 1 is 1.00 bits per heavy atom. The summed E-state index contributed by atoms with van der Waals surface area (Å²) in [5, 5.41) is 3.97. The summed E-state index contributed by atoms with van der Waals surface area (Å²) in [5.41, 5.74) is 0. The predicted molar refractivity (Wildman–Crippen MR) is 37.9 cm³/mol. The molecule has 0 saturated heterocycles. The van der Waals surface area contributed by atoms with Gasteiger partial charge in [-0.2, -0.15) is 13.1 Å². The molecule has 0 rings (SSSR count). The fraction of sp³-hybridized carbons (Fsp3) is 1.00. The van der Waals surface area contributed by atoms with Crippen molar-refractivity contribution >= 4 is 0 Å². The molecule has 0 aliphatic rings. The van der Waals surface area contributed by atoms with Crippen LogP contribution in [0, 0.1) is 0 Å². The van der Waals surface area contributed by atoms with Crippen molar-refractivity contribution in [2.45, 2.75) is 28.7 Å². The standard InChI is InChI=1S/C4H10N.2CH4.Y/c1-3-5-4-2;;;/h3-4H2,1-2H3;2*1H4;/q-1;;;. The monoisotopic (exact) mass is 193 g/mol. The molecular weight excluding hydrogens is 175 g/mol. The third kappa shape index (κ3) is 27.7. The molecule has 1 nitrogen and oxygen atoms in total. The van der Waals surface area contributed by atoms with Crippen LogP contribution in [0.1, 0.15) is 28.7 Å². The number of hydrogen-bond donors (Lipinski definition) is 0. The molecule has 51 valence electrons. The molecule has 1 radical (unpaired) electrons. The maximum absolute atomic E-state index is 3.97. The van der Waals surface area contributed by atoms with Crippen molar-refractivity contribution in [3.05, 3.63) is 5.32 Å². The maximum atomic E-state index is 3.97. The molecule has 0 atom stereocenters. The van der Waals surface area contributed by atoms with E-state index in [4.69, 9.17) is 0 Å². The Morgan fingerprint density at radius 2 is 1.25 bits per heavy atom. The topological polar surface area (TPSA) is 14.1 Å². The second-order valence-corrected chi connectivity index (χ2v) is 0.856. The van der Waals surface area contributed by atoms with Crippen LogP contribution in [0.2, 0.25) is 0 Å². The van der Waals surface area contributed by atoms with Crippen LogP contribution in [-0.4, -0.2) is 13.1 Å². The normalized spacial score (nSPS) is 5.25. The zero-order chi connectivity index (χ0) is 4.12. The van der Waals surface area contributed by atoms with Crippen LogP contribution in [0.15, 0.2) is 0 Å². The van der Waals surface area contributed by atoms with E-state index in [1.54, 1.807) is 0 Å². The number of nitrogens with zero attached hydrogens (tertiary/aromatic N) is 1. The maximum Gasteiger partial charge on any atom is 0 e. The van der Waals surface area contributed by atoms with Gasteiger partial charge in [0.15, 0.2) is 0 Å². The predicted octanol–water partition coefficient (Wildman–Crippen LogP) is 2.67. The van der Waals surface area contributed by atoms with Gasteiger partial charge in [0.25, 0.3) is 0 Å². The van der Waals surface area contributed by atoms with Crippen molar-refractivity contribution < 1.29 is 32.7 Å². The second kappa shape index (κ2) is 24.4. The van der Waals surface area contributed by atoms with E-state index in [1.165, 1.54) is 0 Å². The Morgan fingerprint density at radius 3 is 1.25 bits per heavy atom. The van der Waals surface area contributed by atoms with Gasteiger partial charge >= 0.3 is 0 Å². The van der Waals surface area contributed by atoms with Crippen LogP contribution in [0.3, 0.4) is 0 Å². The minimum Gasteiger partial charge on any atom is -0.663 e. The summed E-state index contributed by atoms with van der Waals surface area (Å²) >= 11 is 0. The third-order valence-corrected chi connectivity index (χ3v) is 0.447. The van der Waals surface area contributed by atoms with Crippen LogP contribution < -0.4 is 0 Å². The molecule has 0 N–H and O–H groups in total. The van der Waals surface area contributed by atoms with Gasteiger partial charge < -0.3 is 5.32 Å². The molecule has 0 aliphatic heterocycles. The smallest absolute Gasteiger partial charge is 0 e. The number of rotatable bonds is 2. The van der Waals surface area contributed by atoms with Crippen molar-refractivity contribution in [1.29, 1.82) is 0 Å². The van der Waals surface area contributed by atoms with E-state index in [-0.39, 0.29) is 47.6 Å². The summed E-state index contributed by atoms with van der Waals surface area (Å²) in [6.45, 7) is 6.03. The molecule has 2 heteroatoms. The first-order valence-electron chi connectivity index (χ1n) is 2.05. The molecule has 0 amide bonds. The molecule has 8 heavy (non-hydrogen) atoms. The number of hydrogen-bond acceptors (Lipinski definition) is 0.